The van der Waals surface area contributed by atoms with Crippen LogP contribution >= 0.6 is 11.6 Å². The fourth-order valence-electron chi connectivity index (χ4n) is 4.38. The largest absolute Gasteiger partial charge is 0.490 e. The van der Waals surface area contributed by atoms with Gasteiger partial charge in [0.05, 0.1) is 6.10 Å². The van der Waals surface area contributed by atoms with Crippen LogP contribution in [-0.2, 0) is 15.1 Å². The summed E-state index contributed by atoms with van der Waals surface area (Å²) in [5.41, 5.74) is 6.79. The molecule has 1 amide bonds. The molecule has 0 saturated heterocycles. The molecule has 1 spiro atoms. The van der Waals surface area contributed by atoms with Crippen molar-refractivity contribution in [2.75, 3.05) is 14.2 Å². The number of benzene rings is 2. The molecular weight excluding hydrogens is 421 g/mol. The first-order valence-electron chi connectivity index (χ1n) is 10.2. The Labute approximate surface area is 185 Å². The molecule has 4 rings (SSSR count). The maximum atomic E-state index is 13.9. The second-order valence-corrected chi connectivity index (χ2v) is 8.45. The number of hydrogen-bond acceptors (Lipinski definition) is 5. The number of nitrogens with two attached hydrogens (primary N) is 1. The summed E-state index contributed by atoms with van der Waals surface area (Å²) in [5, 5.41) is 0.294. The highest BCUT2D eigenvalue weighted by atomic mass is 35.5. The number of ether oxygens (including phenoxy) is 2. The highest BCUT2D eigenvalue weighted by Crippen LogP contribution is 2.48. The van der Waals surface area contributed by atoms with Crippen molar-refractivity contribution in [3.63, 3.8) is 0 Å². The van der Waals surface area contributed by atoms with Crippen LogP contribution in [-0.4, -0.2) is 43.1 Å². The number of amides is 1. The molecular formula is C23H25ClFN3O3. The molecule has 8 heteroatoms. The summed E-state index contributed by atoms with van der Waals surface area (Å²) < 4.78 is 25.7. The molecule has 31 heavy (non-hydrogen) atoms. The lowest BCUT2D eigenvalue weighted by Gasteiger charge is -2.37. The molecule has 2 heterocycles. The van der Waals surface area contributed by atoms with Crippen molar-refractivity contribution in [3.05, 3.63) is 52.8 Å². The Kier molecular flexibility index (Phi) is 5.66. The summed E-state index contributed by atoms with van der Waals surface area (Å²) in [5.74, 6) is 0.0815. The van der Waals surface area contributed by atoms with Gasteiger partial charge in [0, 0.05) is 37.6 Å². The van der Waals surface area contributed by atoms with Gasteiger partial charge in [-0.2, -0.15) is 0 Å². The lowest BCUT2D eigenvalue weighted by Crippen LogP contribution is -2.46. The van der Waals surface area contributed by atoms with Crippen LogP contribution in [0.4, 0.5) is 4.39 Å². The molecule has 0 aliphatic carbocycles. The number of carbonyl (C=O) groups is 1. The van der Waals surface area contributed by atoms with Crippen LogP contribution in [0.15, 0.2) is 41.4 Å². The van der Waals surface area contributed by atoms with Gasteiger partial charge in [-0.1, -0.05) is 24.6 Å². The van der Waals surface area contributed by atoms with Gasteiger partial charge in [0.2, 0.25) is 0 Å². The maximum Gasteiger partial charge on any atom is 0.261 e. The minimum Gasteiger partial charge on any atom is -0.490 e. The summed E-state index contributed by atoms with van der Waals surface area (Å²) in [6, 6.07) is 9.76. The van der Waals surface area contributed by atoms with Crippen LogP contribution in [0, 0.1) is 5.82 Å². The van der Waals surface area contributed by atoms with E-state index in [1.54, 1.807) is 26.3 Å². The number of rotatable bonds is 5. The predicted octanol–water partition coefficient (Wildman–Crippen LogP) is 4.09. The highest BCUT2D eigenvalue weighted by molar-refractivity contribution is 6.30. The first-order valence-corrected chi connectivity index (χ1v) is 10.6. The van der Waals surface area contributed by atoms with E-state index in [1.165, 1.54) is 17.0 Å². The van der Waals surface area contributed by atoms with E-state index in [0.29, 0.717) is 40.3 Å². The van der Waals surface area contributed by atoms with Crippen molar-refractivity contribution in [2.45, 2.75) is 43.9 Å². The summed E-state index contributed by atoms with van der Waals surface area (Å²) in [6.45, 7) is 2.04. The van der Waals surface area contributed by atoms with Crippen molar-refractivity contribution in [2.24, 2.45) is 10.7 Å². The van der Waals surface area contributed by atoms with Crippen LogP contribution in [0.1, 0.15) is 31.7 Å². The normalized spacial score (nSPS) is 23.5. The molecule has 2 aliphatic rings. The molecule has 0 radical (unpaired) electrons. The summed E-state index contributed by atoms with van der Waals surface area (Å²) in [6.07, 6.45) is 1.54. The number of fused-ring (bicyclic) bond motifs is 2. The smallest absolute Gasteiger partial charge is 0.261 e. The van der Waals surface area contributed by atoms with E-state index >= 15 is 0 Å². The summed E-state index contributed by atoms with van der Waals surface area (Å²) in [4.78, 5) is 19.3. The van der Waals surface area contributed by atoms with Gasteiger partial charge in [-0.3, -0.25) is 9.69 Å². The Morgan fingerprint density at radius 3 is 2.74 bits per heavy atom. The number of guanidine groups is 1. The van der Waals surface area contributed by atoms with Crippen LogP contribution in [0.25, 0.3) is 11.1 Å². The van der Waals surface area contributed by atoms with Gasteiger partial charge in [0.15, 0.2) is 11.5 Å². The average molecular weight is 446 g/mol. The van der Waals surface area contributed by atoms with Crippen LogP contribution in [0.5, 0.6) is 5.75 Å². The van der Waals surface area contributed by atoms with Crippen molar-refractivity contribution in [1.29, 1.82) is 0 Å². The number of nitrogens with zero attached hydrogens (tertiary/aromatic N) is 2. The standard InChI is InChI=1S/C23H25ClFN3O3/c1-4-17(30-3)11-18-12-23(21(29)28(2)22(26)27-23)19-9-13(5-6-20(19)31-18)14-7-15(24)10-16(25)8-14/h5-10,17-18H,4,11-12H2,1-3H3,(H2,26,27). The van der Waals surface area contributed by atoms with E-state index in [-0.39, 0.29) is 24.1 Å². The molecule has 2 aromatic carbocycles. The fraction of sp³-hybridized carbons (Fsp3) is 0.391. The molecule has 2 N–H and O–H groups in total. The van der Waals surface area contributed by atoms with Crippen molar-refractivity contribution in [3.8, 4) is 16.9 Å². The molecule has 0 fully saturated rings. The third-order valence-corrected chi connectivity index (χ3v) is 6.28. The molecule has 2 aliphatic heterocycles. The van der Waals surface area contributed by atoms with E-state index in [4.69, 9.17) is 26.8 Å². The van der Waals surface area contributed by atoms with E-state index in [0.717, 1.165) is 6.42 Å². The summed E-state index contributed by atoms with van der Waals surface area (Å²) in [7, 11) is 3.28. The van der Waals surface area contributed by atoms with Crippen LogP contribution in [0.3, 0.4) is 0 Å². The molecule has 3 atom stereocenters. The first kappa shape index (κ1) is 21.6. The fourth-order valence-corrected chi connectivity index (χ4v) is 4.60. The molecule has 0 aromatic heterocycles. The van der Waals surface area contributed by atoms with Crippen LogP contribution < -0.4 is 10.5 Å². The van der Waals surface area contributed by atoms with Gasteiger partial charge >= 0.3 is 0 Å². The number of aliphatic imine (C=N–C) groups is 1. The number of methoxy groups -OCH3 is 1. The zero-order valence-electron chi connectivity index (χ0n) is 17.7. The molecule has 3 unspecified atom stereocenters. The van der Waals surface area contributed by atoms with Gasteiger partial charge in [-0.15, -0.1) is 0 Å². The van der Waals surface area contributed by atoms with Crippen molar-refractivity contribution < 1.29 is 18.7 Å². The Bertz CT molecular complexity index is 1040. The predicted molar refractivity (Wildman–Crippen MR) is 118 cm³/mol. The van der Waals surface area contributed by atoms with E-state index < -0.39 is 11.4 Å². The Balaban J connectivity index is 1.82. The minimum atomic E-state index is -1.18. The molecule has 6 nitrogen and oxygen atoms in total. The monoisotopic (exact) mass is 445 g/mol. The maximum absolute atomic E-state index is 13.9. The number of carbonyl (C=O) groups excluding carboxylic acids is 1. The molecule has 164 valence electrons. The summed E-state index contributed by atoms with van der Waals surface area (Å²) >= 11 is 6.04. The third kappa shape index (κ3) is 3.77. The lowest BCUT2D eigenvalue weighted by atomic mass is 9.79. The topological polar surface area (TPSA) is 77.2 Å². The number of likely N-dealkylation sites (N-methyl/N-ethyl adjacent to an activating group) is 1. The second-order valence-electron chi connectivity index (χ2n) is 8.01. The lowest BCUT2D eigenvalue weighted by molar-refractivity contribution is -0.132. The minimum absolute atomic E-state index is 0.00729. The van der Waals surface area contributed by atoms with Gasteiger partial charge in [0.1, 0.15) is 17.7 Å². The Hall–Kier alpha value is -2.64. The average Bonchev–Trinajstić information content (AvgIpc) is 2.95. The zero-order chi connectivity index (χ0) is 22.3. The molecule has 0 saturated carbocycles. The second kappa shape index (κ2) is 8.13. The van der Waals surface area contributed by atoms with E-state index in [1.807, 2.05) is 19.1 Å². The zero-order valence-corrected chi connectivity index (χ0v) is 18.4. The van der Waals surface area contributed by atoms with Crippen molar-refractivity contribution in [1.82, 2.24) is 4.90 Å². The van der Waals surface area contributed by atoms with Crippen molar-refractivity contribution >= 4 is 23.5 Å². The highest BCUT2D eigenvalue weighted by Gasteiger charge is 2.53. The van der Waals surface area contributed by atoms with Gasteiger partial charge in [-0.25, -0.2) is 9.38 Å². The number of hydrogen-bond donors (Lipinski definition) is 1. The van der Waals surface area contributed by atoms with Gasteiger partial charge in [-0.05, 0) is 47.9 Å². The Morgan fingerprint density at radius 1 is 1.35 bits per heavy atom. The van der Waals surface area contributed by atoms with Crippen LogP contribution in [0.2, 0.25) is 5.02 Å². The molecule has 2 aromatic rings. The third-order valence-electron chi connectivity index (χ3n) is 6.06. The number of halogens is 2. The molecule has 0 bridgehead atoms. The first-order chi connectivity index (χ1) is 14.8. The van der Waals surface area contributed by atoms with E-state index in [2.05, 4.69) is 4.99 Å². The quantitative estimate of drug-likeness (QED) is 0.751. The Morgan fingerprint density at radius 2 is 2.13 bits per heavy atom. The SMILES string of the molecule is CCC(CC1CC2(N=C(N)N(C)C2=O)c2cc(-c3cc(F)cc(Cl)c3)ccc2O1)OC. The van der Waals surface area contributed by atoms with E-state index in [9.17, 15) is 9.18 Å². The van der Waals surface area contributed by atoms with Gasteiger partial charge < -0.3 is 15.2 Å². The van der Waals surface area contributed by atoms with Gasteiger partial charge in [0.25, 0.3) is 5.91 Å².